The van der Waals surface area contributed by atoms with E-state index in [4.69, 9.17) is 20.9 Å². The van der Waals surface area contributed by atoms with Crippen molar-refractivity contribution in [3.05, 3.63) is 54.2 Å². The number of ether oxygens (including phenoxy) is 2. The lowest BCUT2D eigenvalue weighted by Crippen LogP contribution is -2.63. The number of nitrogens with two attached hydrogens (primary N) is 2. The minimum atomic E-state index is -1.29. The quantitative estimate of drug-likeness (QED) is 0.0231. The van der Waals surface area contributed by atoms with Crippen molar-refractivity contribution in [1.82, 2.24) is 87.7 Å². The lowest BCUT2D eigenvalue weighted by atomic mass is 9.43. The van der Waals surface area contributed by atoms with Gasteiger partial charge in [-0.1, -0.05) is 52.8 Å². The lowest BCUT2D eigenvalue weighted by molar-refractivity contribution is -0.202. The molecule has 11 amide bonds. The second-order valence-electron chi connectivity index (χ2n) is 36.2. The first-order valence-corrected chi connectivity index (χ1v) is 46.3. The molecule has 128 heavy (non-hydrogen) atoms. The lowest BCUT2D eigenvalue weighted by Gasteiger charge is -2.63. The van der Waals surface area contributed by atoms with Gasteiger partial charge in [0.05, 0.1) is 63.9 Å². The molecule has 4 saturated carbocycles. The Morgan fingerprint density at radius 3 is 1.81 bits per heavy atom. The molecule has 3 heterocycles. The number of carboxylic acid groups (broad SMARTS) is 3. The maximum atomic E-state index is 14.6. The Morgan fingerprint density at radius 1 is 0.625 bits per heavy atom. The number of para-hydroxylation sites is 1. The number of amides is 11. The zero-order valence-corrected chi connectivity index (χ0v) is 76.2. The van der Waals surface area contributed by atoms with Gasteiger partial charge in [0.2, 0.25) is 65.0 Å². The fraction of sp³-hybridized carbons (Fsp3) is 0.713. The molecule has 2 aromatic heterocycles. The Bertz CT molecular complexity index is 4190. The van der Waals surface area contributed by atoms with Gasteiger partial charge in [-0.2, -0.15) is 11.8 Å². The molecule has 5 aliphatic rings. The zero-order chi connectivity index (χ0) is 93.7. The number of nitrogens with zero attached hydrogens (tertiary/aromatic N) is 5. The molecule has 8 rings (SSSR count). The van der Waals surface area contributed by atoms with Crippen molar-refractivity contribution in [2.75, 3.05) is 123 Å². The Kier molecular flexibility index (Phi) is 40.7. The van der Waals surface area contributed by atoms with Crippen LogP contribution in [0, 0.1) is 52.3 Å². The average Bonchev–Trinajstić information content (AvgIpc) is 1.41. The molecular formula is C87H139N19O21S. The number of primary amides is 2. The number of rotatable bonds is 49. The van der Waals surface area contributed by atoms with E-state index in [1.54, 1.807) is 32.7 Å². The third-order valence-corrected chi connectivity index (χ3v) is 27.3. The molecule has 0 bridgehead atoms. The Balaban J connectivity index is 0.823. The van der Waals surface area contributed by atoms with Crippen LogP contribution in [0.25, 0.3) is 10.9 Å². The Hall–Kier alpha value is -9.46. The minimum Gasteiger partial charge on any atom is -0.480 e. The van der Waals surface area contributed by atoms with Gasteiger partial charge >= 0.3 is 17.9 Å². The number of nitrogens with one attached hydrogen (secondary N) is 12. The second kappa shape index (κ2) is 50.1. The Labute approximate surface area is 751 Å². The van der Waals surface area contributed by atoms with E-state index in [-0.39, 0.29) is 183 Å². The predicted octanol–water partition coefficient (Wildman–Crippen LogP) is -1.28. The van der Waals surface area contributed by atoms with Gasteiger partial charge < -0.3 is 110 Å². The number of aliphatic hydroxyl groups excluding tert-OH is 2. The monoisotopic (exact) mass is 1820 g/mol. The fourth-order valence-corrected chi connectivity index (χ4v) is 20.2. The van der Waals surface area contributed by atoms with Gasteiger partial charge in [0.15, 0.2) is 6.23 Å². The molecule has 5 fully saturated rings. The van der Waals surface area contributed by atoms with Crippen molar-refractivity contribution < 1.29 is 102 Å². The molecular weight excluding hydrogens is 1680 g/mol. The molecule has 0 radical (unpaired) electrons. The highest BCUT2D eigenvalue weighted by molar-refractivity contribution is 7.98. The van der Waals surface area contributed by atoms with Gasteiger partial charge in [0.1, 0.15) is 42.9 Å². The number of carbonyl (C=O) groups is 14. The van der Waals surface area contributed by atoms with Crippen molar-refractivity contribution in [2.24, 2.45) is 63.7 Å². The number of hydrogen-bond donors (Lipinski definition) is 19. The molecule has 4 aliphatic carbocycles. The molecule has 40 nitrogen and oxygen atoms in total. The topological polar surface area (TPSA) is 588 Å². The molecule has 1 saturated heterocycles. The number of carboxylic acids is 3. The zero-order valence-electron chi connectivity index (χ0n) is 75.3. The van der Waals surface area contributed by atoms with Gasteiger partial charge in [-0.05, 0) is 180 Å². The van der Waals surface area contributed by atoms with E-state index >= 15 is 0 Å². The number of H-pyrrole nitrogens is 2. The summed E-state index contributed by atoms with van der Waals surface area (Å²) in [5, 5.41) is 82.6. The molecule has 0 spiro atoms. The third kappa shape index (κ3) is 30.9. The molecule has 714 valence electrons. The van der Waals surface area contributed by atoms with Crippen LogP contribution in [0.1, 0.15) is 150 Å². The number of carbonyl (C=O) groups excluding carboxylic acids is 11. The Morgan fingerprint density at radius 2 is 1.21 bits per heavy atom. The van der Waals surface area contributed by atoms with Gasteiger partial charge in [0.25, 0.3) is 0 Å². The summed E-state index contributed by atoms with van der Waals surface area (Å²) in [6.45, 7) is 14.9. The number of aromatic nitrogens is 3. The standard InChI is InChI=1S/C87H139N19O21S/c1-10-126-48-74(102-72(111)43-103-25-27-104(44-75(113)114)29-31-106(46-77(117)118)32-30-105(28-26-103)45-76(115)116)127-47-73(112)97-56-21-23-86(7)55(36-56)37-68(107)78-60-18-17-59(87(60,8)69(108)39-61(78)86)51(4)14-13-24-91-64(19-20-70(88)109)82(122)101-66(35-54-40-92-62-16-12-11-15-58(54)62)83(123)96-53(6)81(121)95-52(5)80(120)93-42-71(110)98-67(38-57-41-90-49-94-57)85(125)100-65(34-50(2)3)84(124)99-63(79(89)119)22-33-128-9/h11-12,15-16,40-41,49-53,55-56,59-61,63-69,74,78,91-92,107-108H,10,13-14,17-39,42-48H2,1-9H3,(H2,88,109)(H2,89,119)(H,90,94)(H,93,120)(H,95,121)(H,96,123)(H,97,112)(H,98,110)(H,99,124)(H,100,125)(H,101,122)(H,102,111)(H,113,114)(H,115,116)(H,117,118)/t51-,52+,53+,55+,56+,59-,60?,61?,63+,64+,65+,66+,67+,68-,69+,74?,78?,86+,87-/m1/s1. The normalized spacial score (nSPS) is 24.6. The third-order valence-electron chi connectivity index (χ3n) is 26.6. The van der Waals surface area contributed by atoms with E-state index in [9.17, 15) is 92.7 Å². The van der Waals surface area contributed by atoms with Crippen LogP contribution < -0.4 is 64.6 Å². The van der Waals surface area contributed by atoms with Gasteiger partial charge in [0, 0.05) is 113 Å². The van der Waals surface area contributed by atoms with E-state index in [1.807, 2.05) is 44.4 Å². The van der Waals surface area contributed by atoms with Crippen LogP contribution in [0.5, 0.6) is 0 Å². The van der Waals surface area contributed by atoms with Crippen LogP contribution in [-0.4, -0.2) is 333 Å². The molecule has 3 aromatic rings. The van der Waals surface area contributed by atoms with E-state index in [2.05, 4.69) is 88.9 Å². The van der Waals surface area contributed by atoms with Crippen molar-refractivity contribution in [3.8, 4) is 0 Å². The smallest absolute Gasteiger partial charge is 0.317 e. The van der Waals surface area contributed by atoms with E-state index in [0.29, 0.717) is 62.1 Å². The first kappa shape index (κ1) is 104. The van der Waals surface area contributed by atoms with Crippen LogP contribution in [0.15, 0.2) is 43.0 Å². The van der Waals surface area contributed by atoms with Crippen LogP contribution in [0.2, 0.25) is 0 Å². The number of thioether (sulfide) groups is 1. The largest absolute Gasteiger partial charge is 0.480 e. The number of aliphatic carboxylic acids is 3. The summed E-state index contributed by atoms with van der Waals surface area (Å²) in [4.78, 5) is 202. The van der Waals surface area contributed by atoms with E-state index in [0.717, 1.165) is 30.2 Å². The van der Waals surface area contributed by atoms with Crippen molar-refractivity contribution in [2.45, 2.75) is 218 Å². The SMILES string of the molecule is CCOCC(NC(=O)CN1CCN(CC(=O)O)CCN(CC(=O)O)CCN(CC(=O)O)CC1)OCC(=O)N[C@H]1CC[C@]2(C)C3C[C@H](O)[C@@]4(C)C(CC[C@@H]4[C@H](C)CCCN[C@@H](CCC(N)=O)C(=O)N[C@@H](Cc4c[nH]c5ccccc45)C(=O)N[C@@H](C)C(=O)N[C@@H](C)C(=O)NCC(=O)N[C@@H](Cc4cnc[nH]4)C(=O)N[C@@H](CC(C)C)C(=O)N[C@@H](CCSC)C(N)=O)C3[C@H](O)C[C@@H]2C1. The highest BCUT2D eigenvalue weighted by Gasteiger charge is 2.66. The molecule has 21 N–H and O–H groups in total. The number of benzene rings is 1. The molecule has 41 heteroatoms. The van der Waals surface area contributed by atoms with E-state index < -0.39 is 162 Å². The maximum absolute atomic E-state index is 14.6. The summed E-state index contributed by atoms with van der Waals surface area (Å²) in [6, 6.07) is -1.15. The average molecular weight is 1820 g/mol. The van der Waals surface area contributed by atoms with Gasteiger partial charge in [-0.15, -0.1) is 0 Å². The summed E-state index contributed by atoms with van der Waals surface area (Å²) < 4.78 is 11.7. The molecule has 1 aliphatic heterocycles. The number of aromatic amines is 2. The van der Waals surface area contributed by atoms with Crippen LogP contribution in [-0.2, 0) is 89.4 Å². The summed E-state index contributed by atoms with van der Waals surface area (Å²) in [5.74, 6) is -10.1. The van der Waals surface area contributed by atoms with Crippen molar-refractivity contribution >= 4 is 106 Å². The first-order valence-electron chi connectivity index (χ1n) is 44.9. The highest BCUT2D eigenvalue weighted by Crippen LogP contribution is 2.68. The van der Waals surface area contributed by atoms with Crippen LogP contribution in [0.4, 0.5) is 0 Å². The number of imidazole rings is 1. The van der Waals surface area contributed by atoms with Crippen molar-refractivity contribution in [1.29, 1.82) is 0 Å². The summed E-state index contributed by atoms with van der Waals surface area (Å²) >= 11 is 1.46. The number of fused-ring (bicyclic) bond motifs is 6. The van der Waals surface area contributed by atoms with Crippen LogP contribution >= 0.6 is 11.8 Å². The second-order valence-corrected chi connectivity index (χ2v) is 37.2. The summed E-state index contributed by atoms with van der Waals surface area (Å²) in [6.07, 6.45) is 10.1. The minimum absolute atomic E-state index is 0.00761. The van der Waals surface area contributed by atoms with E-state index in [1.165, 1.54) is 38.1 Å². The number of aliphatic hydroxyl groups is 2. The molecule has 4 unspecified atom stereocenters. The predicted molar refractivity (Wildman–Crippen MR) is 473 cm³/mol. The fourth-order valence-electron chi connectivity index (χ4n) is 19.8. The molecule has 1 aromatic carbocycles. The maximum Gasteiger partial charge on any atom is 0.317 e. The van der Waals surface area contributed by atoms with Gasteiger partial charge in [-0.3, -0.25) is 86.7 Å². The summed E-state index contributed by atoms with van der Waals surface area (Å²) in [5.41, 5.74) is 12.4. The first-order chi connectivity index (χ1) is 60.8. The van der Waals surface area contributed by atoms with Gasteiger partial charge in [-0.25, -0.2) is 4.98 Å². The van der Waals surface area contributed by atoms with Crippen LogP contribution in [0.3, 0.4) is 0 Å². The number of hydrogen-bond acceptors (Lipinski definition) is 25. The highest BCUT2D eigenvalue weighted by atomic mass is 32.2. The summed E-state index contributed by atoms with van der Waals surface area (Å²) in [7, 11) is 0. The van der Waals surface area contributed by atoms with Crippen molar-refractivity contribution in [3.63, 3.8) is 0 Å². The molecule has 19 atom stereocenters.